The summed E-state index contributed by atoms with van der Waals surface area (Å²) < 4.78 is 80.1. The Morgan fingerprint density at radius 2 is 1.85 bits per heavy atom. The number of phosphoric acid groups is 3. The molecule has 0 bridgehead atoms. The number of halogens is 3. The zero-order valence-corrected chi connectivity index (χ0v) is 27.1. The van der Waals surface area contributed by atoms with E-state index in [2.05, 4.69) is 49.1 Å². The van der Waals surface area contributed by atoms with Crippen molar-refractivity contribution in [2.24, 2.45) is 5.11 Å². The Morgan fingerprint density at radius 1 is 1.15 bits per heavy atom. The molecule has 0 saturated carbocycles. The van der Waals surface area contributed by atoms with E-state index < -0.39 is 88.4 Å². The molecule has 2 unspecified atom stereocenters. The number of azide groups is 1. The van der Waals surface area contributed by atoms with Crippen LogP contribution in [0.4, 0.5) is 26.1 Å². The lowest BCUT2D eigenvalue weighted by molar-refractivity contribution is -0.120. The number of carbonyl (C=O) groups excluding carboxylic acids is 1. The number of pyridine rings is 1. The van der Waals surface area contributed by atoms with Crippen LogP contribution < -0.4 is 21.6 Å². The Labute approximate surface area is 271 Å². The normalized spacial score (nSPS) is 20.3. The summed E-state index contributed by atoms with van der Waals surface area (Å²) in [4.78, 5) is 69.9. The zero-order valence-electron chi connectivity index (χ0n) is 23.7. The minimum Gasteiger partial charge on any atom is -0.390 e. The summed E-state index contributed by atoms with van der Waals surface area (Å²) in [7, 11) is -16.8. The predicted molar refractivity (Wildman–Crippen MR) is 155 cm³/mol. The number of phosphoric ester groups is 1. The van der Waals surface area contributed by atoms with Crippen LogP contribution in [-0.4, -0.2) is 83.6 Å². The van der Waals surface area contributed by atoms with Gasteiger partial charge in [0.15, 0.2) is 11.6 Å². The van der Waals surface area contributed by atoms with Crippen molar-refractivity contribution in [3.05, 3.63) is 50.0 Å². The highest BCUT2D eigenvalue weighted by atomic mass is 35.5. The summed E-state index contributed by atoms with van der Waals surface area (Å²) >= 11 is 5.52. The zero-order chi connectivity index (χ0) is 35.9. The fraction of sp³-hybridized carbons (Fsp3) is 0.474. The van der Waals surface area contributed by atoms with Crippen LogP contribution in [0.3, 0.4) is 0 Å². The Morgan fingerprint density at radius 3 is 2.50 bits per heavy atom. The number of nitrogens with one attached hydrogen (secondary N) is 3. The summed E-state index contributed by atoms with van der Waals surface area (Å²) in [6.07, 6.45) is -3.10. The molecule has 1 aliphatic rings. The summed E-state index contributed by atoms with van der Waals surface area (Å²) in [5.41, 5.74) is 6.82. The number of hydrogen-bond donors (Lipinski definition) is 8. The third-order valence-corrected chi connectivity index (χ3v) is 9.86. The molecule has 23 nitrogen and oxygen atoms in total. The SMILES string of the molecule is [N-]=[N+]=Nc1c(F)c(NCCC(=O)NCCNc2ccn([C@H]3C[C@H](O)[C@@H](COP(=O)(O)OP(=O)(O)OP(=O)(O)O)O3)c(=O)n2)nc(F)c1Cl. The summed E-state index contributed by atoms with van der Waals surface area (Å²) in [6, 6.07) is 1.35. The van der Waals surface area contributed by atoms with Crippen LogP contribution in [0.1, 0.15) is 19.1 Å². The maximum Gasteiger partial charge on any atom is 0.490 e. The van der Waals surface area contributed by atoms with Crippen molar-refractivity contribution in [3.63, 3.8) is 0 Å². The van der Waals surface area contributed by atoms with Crippen LogP contribution in [0, 0.1) is 11.8 Å². The predicted octanol–water partition coefficient (Wildman–Crippen LogP) is 1.53. The van der Waals surface area contributed by atoms with E-state index in [1.54, 1.807) is 0 Å². The van der Waals surface area contributed by atoms with Gasteiger partial charge < -0.3 is 45.4 Å². The monoisotopic (exact) mass is 769 g/mol. The van der Waals surface area contributed by atoms with Crippen LogP contribution in [-0.2, 0) is 36.4 Å². The summed E-state index contributed by atoms with van der Waals surface area (Å²) in [6.45, 7) is -0.985. The van der Waals surface area contributed by atoms with Crippen molar-refractivity contribution in [3.8, 4) is 0 Å². The van der Waals surface area contributed by atoms with Gasteiger partial charge in [0.1, 0.15) is 28.9 Å². The molecule has 0 radical (unpaired) electrons. The molecular formula is C19H25ClF2N9O14P3. The van der Waals surface area contributed by atoms with Gasteiger partial charge >= 0.3 is 29.2 Å². The largest absolute Gasteiger partial charge is 0.490 e. The van der Waals surface area contributed by atoms with E-state index in [4.69, 9.17) is 31.7 Å². The summed E-state index contributed by atoms with van der Waals surface area (Å²) in [5.74, 6) is -3.54. The van der Waals surface area contributed by atoms with Gasteiger partial charge in [-0.25, -0.2) is 22.9 Å². The highest BCUT2D eigenvalue weighted by molar-refractivity contribution is 7.66. The van der Waals surface area contributed by atoms with Crippen molar-refractivity contribution in [1.29, 1.82) is 0 Å². The molecule has 266 valence electrons. The lowest BCUT2D eigenvalue weighted by Crippen LogP contribution is -2.31. The van der Waals surface area contributed by atoms with Crippen molar-refractivity contribution in [2.75, 3.05) is 36.9 Å². The fourth-order valence-electron chi connectivity index (χ4n) is 3.76. The fourth-order valence-corrected chi connectivity index (χ4v) is 6.96. The lowest BCUT2D eigenvalue weighted by atomic mass is 10.2. The number of anilines is 2. The van der Waals surface area contributed by atoms with Crippen molar-refractivity contribution in [1.82, 2.24) is 19.9 Å². The number of amides is 1. The number of aliphatic hydroxyl groups excluding tert-OH is 1. The molecule has 0 spiro atoms. The standard InChI is InChI=1S/C19H25ClF2N9O14P3/c20-14-16(29-30-23)15(21)18(28-17(14)22)26-3-1-12(33)25-5-4-24-11-2-6-31(19(34)27-11)13-7-9(32)10(43-13)8-42-47(38,39)45-48(40,41)44-46(35,36)37/h2,6,9-10,13,32H,1,3-5,7-8H2,(H,25,33)(H,26,28)(H,38,39)(H,40,41)(H,24,27,34)(H2,35,36,37)/t9-,10+,13+/m0/s1. The smallest absolute Gasteiger partial charge is 0.390 e. The molecule has 3 heterocycles. The second-order valence-corrected chi connectivity index (χ2v) is 14.0. The first-order valence-corrected chi connectivity index (χ1v) is 17.8. The van der Waals surface area contributed by atoms with Gasteiger partial charge in [0.05, 0.1) is 12.7 Å². The maximum absolute atomic E-state index is 14.3. The van der Waals surface area contributed by atoms with E-state index in [-0.39, 0.29) is 38.3 Å². The number of carbonyl (C=O) groups is 1. The third-order valence-electron chi connectivity index (χ3n) is 5.72. The molecule has 2 aromatic rings. The van der Waals surface area contributed by atoms with Gasteiger partial charge in [0.25, 0.3) is 0 Å². The second-order valence-electron chi connectivity index (χ2n) is 9.19. The number of ether oxygens (including phenoxy) is 1. The van der Waals surface area contributed by atoms with Gasteiger partial charge in [-0.3, -0.25) is 13.9 Å². The van der Waals surface area contributed by atoms with Gasteiger partial charge in [0.2, 0.25) is 11.9 Å². The van der Waals surface area contributed by atoms with Gasteiger partial charge in [0, 0.05) is 43.6 Å². The Bertz CT molecular complexity index is 1760. The Hall–Kier alpha value is -3.11. The summed E-state index contributed by atoms with van der Waals surface area (Å²) in [5, 5.41) is 20.1. The van der Waals surface area contributed by atoms with E-state index in [0.29, 0.717) is 0 Å². The number of nitrogens with zero attached hydrogens (tertiary/aromatic N) is 6. The average Bonchev–Trinajstić information content (AvgIpc) is 3.33. The van der Waals surface area contributed by atoms with Crippen LogP contribution >= 0.6 is 35.1 Å². The van der Waals surface area contributed by atoms with Gasteiger partial charge in [-0.15, -0.1) is 0 Å². The first-order chi connectivity index (χ1) is 22.3. The molecule has 29 heteroatoms. The molecule has 8 N–H and O–H groups in total. The minimum absolute atomic E-state index is 0.0437. The molecule has 2 aromatic heterocycles. The van der Waals surface area contributed by atoms with Crippen LogP contribution in [0.2, 0.25) is 5.02 Å². The second kappa shape index (κ2) is 16.5. The van der Waals surface area contributed by atoms with E-state index >= 15 is 0 Å². The topological polar surface area (TPSA) is 339 Å². The lowest BCUT2D eigenvalue weighted by Gasteiger charge is -2.19. The van der Waals surface area contributed by atoms with Crippen LogP contribution in [0.15, 0.2) is 22.2 Å². The molecule has 1 fully saturated rings. The molecule has 5 atom stereocenters. The van der Waals surface area contributed by atoms with E-state index in [1.165, 1.54) is 12.3 Å². The third kappa shape index (κ3) is 11.8. The van der Waals surface area contributed by atoms with Crippen LogP contribution in [0.5, 0.6) is 0 Å². The van der Waals surface area contributed by atoms with Gasteiger partial charge in [-0.1, -0.05) is 16.7 Å². The quantitative estimate of drug-likeness (QED) is 0.0282. The van der Waals surface area contributed by atoms with Gasteiger partial charge in [-0.05, 0) is 11.6 Å². The molecule has 1 amide bonds. The molecule has 0 aromatic carbocycles. The highest BCUT2D eigenvalue weighted by Gasteiger charge is 2.43. The number of hydrogen-bond acceptors (Lipinski definition) is 15. The van der Waals surface area contributed by atoms with Crippen molar-refractivity contribution >= 4 is 58.3 Å². The molecule has 1 aliphatic heterocycles. The molecule has 48 heavy (non-hydrogen) atoms. The van der Waals surface area contributed by atoms with Crippen LogP contribution in [0.25, 0.3) is 10.4 Å². The number of rotatable bonds is 17. The Balaban J connectivity index is 1.43. The maximum atomic E-state index is 14.3. The number of aromatic nitrogens is 3. The van der Waals surface area contributed by atoms with Crippen molar-refractivity contribution < 1.29 is 69.8 Å². The molecule has 0 aliphatic carbocycles. The van der Waals surface area contributed by atoms with E-state index in [0.717, 1.165) is 4.57 Å². The van der Waals surface area contributed by atoms with E-state index in [9.17, 15) is 47.0 Å². The average molecular weight is 770 g/mol. The highest BCUT2D eigenvalue weighted by Crippen LogP contribution is 2.66. The number of aliphatic hydroxyl groups is 1. The van der Waals surface area contributed by atoms with Gasteiger partial charge in [-0.2, -0.15) is 23.0 Å². The van der Waals surface area contributed by atoms with E-state index in [1.807, 2.05) is 0 Å². The molecule has 3 rings (SSSR count). The molecule has 1 saturated heterocycles. The first kappa shape index (κ1) is 39.3. The first-order valence-electron chi connectivity index (χ1n) is 12.9. The Kier molecular flexibility index (Phi) is 13.5. The van der Waals surface area contributed by atoms with Crippen molar-refractivity contribution in [2.45, 2.75) is 31.3 Å². The minimum atomic E-state index is -5.75. The molecular weight excluding hydrogens is 745 g/mol.